The van der Waals surface area contributed by atoms with Gasteiger partial charge in [0.2, 0.25) is 0 Å². The Hall–Kier alpha value is 0.926. The second kappa shape index (κ2) is 12.4. The van der Waals surface area contributed by atoms with Crippen molar-refractivity contribution in [3.8, 4) is 23.6 Å². The van der Waals surface area contributed by atoms with Crippen molar-refractivity contribution >= 4 is 99.1 Å². The molecule has 0 radical (unpaired) electrons. The molecule has 0 N–H and O–H groups in total. The molecule has 6 heteroatoms. The van der Waals surface area contributed by atoms with Gasteiger partial charge in [-0.3, -0.25) is 0 Å². The van der Waals surface area contributed by atoms with Crippen molar-refractivity contribution in [1.29, 1.82) is 0 Å². The van der Waals surface area contributed by atoms with Crippen LogP contribution in [0.25, 0.3) is 0 Å². The zero-order valence-corrected chi connectivity index (χ0v) is 33.0. The molecule has 0 saturated carbocycles. The average molecular weight is 1080 g/mol. The Kier molecular flexibility index (Phi) is 10.2. The van der Waals surface area contributed by atoms with E-state index in [1.807, 2.05) is 0 Å². The van der Waals surface area contributed by atoms with Gasteiger partial charge in [-0.15, -0.1) is 0 Å². The van der Waals surface area contributed by atoms with Gasteiger partial charge in [0.05, 0.1) is 0 Å². The van der Waals surface area contributed by atoms with Crippen molar-refractivity contribution in [2.24, 2.45) is 0 Å². The van der Waals surface area contributed by atoms with E-state index in [4.69, 9.17) is 0 Å². The first-order chi connectivity index (χ1) is 15.9. The van der Waals surface area contributed by atoms with E-state index in [0.717, 1.165) is 0 Å². The third kappa shape index (κ3) is 10.4. The Balaban J connectivity index is 0.000000118. The topological polar surface area (TPSA) is 0 Å². The average Bonchev–Trinajstić information content (AvgIpc) is 3.77. The zero-order chi connectivity index (χ0) is 23.2. The van der Waals surface area contributed by atoms with Gasteiger partial charge in [-0.05, 0) is 0 Å². The van der Waals surface area contributed by atoms with Gasteiger partial charge < -0.3 is 0 Å². The van der Waals surface area contributed by atoms with E-state index in [9.17, 15) is 0 Å². The van der Waals surface area contributed by atoms with Gasteiger partial charge in [-0.1, -0.05) is 0 Å². The van der Waals surface area contributed by atoms with Crippen LogP contribution < -0.4 is 0 Å². The number of rotatable bonds is 6. The number of benzene rings is 3. The predicted molar refractivity (Wildman–Crippen MR) is 173 cm³/mol. The van der Waals surface area contributed by atoms with Gasteiger partial charge in [0.25, 0.3) is 0 Å². The molecule has 3 aliphatic rings. The molecule has 3 aromatic rings. The normalized spacial score (nSPS) is 16.8. The monoisotopic (exact) mass is 1090 g/mol. The van der Waals surface area contributed by atoms with Crippen LogP contribution in [0.1, 0.15) is 16.7 Å². The molecule has 0 aromatic heterocycles. The second-order valence-corrected chi connectivity index (χ2v) is 66.2. The van der Waals surface area contributed by atoms with E-state index >= 15 is 0 Å². The van der Waals surface area contributed by atoms with Crippen molar-refractivity contribution in [1.82, 2.24) is 0 Å². The summed E-state index contributed by atoms with van der Waals surface area (Å²) in [7, 11) is 0. The number of halogens is 3. The molecule has 0 saturated heterocycles. The summed E-state index contributed by atoms with van der Waals surface area (Å²) in [5.41, 5.74) is 4.36. The fourth-order valence-corrected chi connectivity index (χ4v) is 47.5. The predicted octanol–water partition coefficient (Wildman–Crippen LogP) is 6.73. The number of hydrogen-bond donors (Lipinski definition) is 0. The van der Waals surface area contributed by atoms with Crippen molar-refractivity contribution in [2.45, 2.75) is 13.3 Å². The molecule has 6 rings (SSSR count). The van der Waals surface area contributed by atoms with Gasteiger partial charge in [0.15, 0.2) is 0 Å². The zero-order valence-electron chi connectivity index (χ0n) is 17.9. The first kappa shape index (κ1) is 27.0. The molecule has 162 valence electrons. The first-order valence-electron chi connectivity index (χ1n) is 10.7. The fraction of sp³-hybridized carbons (Fsp3) is 0.111. The SMILES string of the molecule is [I][Sn]1([CH2]c2ccccc2)[C]#[C]1.[I][Sn]1([CH2]c2ccccc2)[C]#[C]1.[I][Sn]1([CH2]c2ccccc2)[C]#[C]1. The third-order valence-electron chi connectivity index (χ3n) is 5.06. The summed E-state index contributed by atoms with van der Waals surface area (Å²) in [5.74, 6) is 0. The molecule has 0 nitrogen and oxygen atoms in total. The van der Waals surface area contributed by atoms with Crippen LogP contribution in [0, 0.1) is 23.6 Å². The molecule has 0 aliphatic carbocycles. The van der Waals surface area contributed by atoms with E-state index in [1.165, 1.54) is 30.0 Å². The van der Waals surface area contributed by atoms with E-state index in [0.29, 0.717) is 0 Å². The maximum absolute atomic E-state index is 3.31. The first-order valence-corrected chi connectivity index (χ1v) is 50.2. The molecule has 0 bridgehead atoms. The standard InChI is InChI=1S/3C7H7.3C2.3HI.3Sn/c3*1-7-5-3-2-4-6-7;3*1-2;;;;;;/h3*2-6H,1H2;;;;3*1H;;;/q;;;;;;;;;3*+1/p-3. The molecule has 3 heterocycles. The number of hydrogen-bond acceptors (Lipinski definition) is 0. The van der Waals surface area contributed by atoms with Crippen LogP contribution in [0.2, 0.25) is 0 Å². The van der Waals surface area contributed by atoms with Crippen molar-refractivity contribution in [3.05, 3.63) is 108 Å². The Morgan fingerprint density at radius 1 is 0.394 bits per heavy atom. The summed E-state index contributed by atoms with van der Waals surface area (Å²) in [4.78, 5) is 0. The van der Waals surface area contributed by atoms with E-state index in [-0.39, 0.29) is 0 Å². The molecular weight excluding hydrogens is 1060 g/mol. The summed E-state index contributed by atoms with van der Waals surface area (Å²) in [6, 6.07) is 32.0. The molecule has 3 aromatic carbocycles. The van der Waals surface area contributed by atoms with Crippen LogP contribution in [-0.2, 0) is 13.3 Å². The van der Waals surface area contributed by atoms with Gasteiger partial charge in [-0.25, -0.2) is 0 Å². The molecule has 0 spiro atoms. The second-order valence-electron chi connectivity index (χ2n) is 8.14. The Bertz CT molecular complexity index is 1100. The molecule has 3 aliphatic heterocycles. The van der Waals surface area contributed by atoms with Crippen molar-refractivity contribution in [3.63, 3.8) is 0 Å². The summed E-state index contributed by atoms with van der Waals surface area (Å²) in [6.07, 6.45) is 0. The quantitative estimate of drug-likeness (QED) is 0.146. The molecule has 0 atom stereocenters. The Morgan fingerprint density at radius 3 is 0.788 bits per heavy atom. The minimum atomic E-state index is -1.84. The van der Waals surface area contributed by atoms with Gasteiger partial charge in [0.1, 0.15) is 0 Å². The van der Waals surface area contributed by atoms with Crippen LogP contribution in [0.4, 0.5) is 0 Å². The van der Waals surface area contributed by atoms with E-state index in [1.54, 1.807) is 0 Å². The Labute approximate surface area is 239 Å². The van der Waals surface area contributed by atoms with Crippen LogP contribution in [0.15, 0.2) is 91.0 Å². The van der Waals surface area contributed by atoms with E-state index in [2.05, 4.69) is 171 Å². The Morgan fingerprint density at radius 2 is 0.606 bits per heavy atom. The molecule has 0 unspecified atom stereocenters. The van der Waals surface area contributed by atoms with E-state index < -0.39 is 43.2 Å². The maximum atomic E-state index is 3.31. The summed E-state index contributed by atoms with van der Waals surface area (Å²) >= 11 is 2.20. The van der Waals surface area contributed by atoms with Crippen molar-refractivity contribution < 1.29 is 0 Å². The van der Waals surface area contributed by atoms with Crippen molar-refractivity contribution in [2.75, 3.05) is 0 Å². The molecule has 0 amide bonds. The third-order valence-corrected chi connectivity index (χ3v) is 38.0. The molecule has 33 heavy (non-hydrogen) atoms. The fourth-order valence-electron chi connectivity index (χ4n) is 3.10. The summed E-state index contributed by atoms with van der Waals surface area (Å²) in [5, 5.41) is 0. The molecular formula is C27H21I3Sn3. The minimum absolute atomic E-state index is 1.25. The van der Waals surface area contributed by atoms with Crippen LogP contribution in [0.3, 0.4) is 0 Å². The van der Waals surface area contributed by atoms with Gasteiger partial charge in [0, 0.05) is 0 Å². The summed E-state index contributed by atoms with van der Waals surface area (Å²) < 4.78 is 23.6. The molecule has 0 fully saturated rings. The van der Waals surface area contributed by atoms with Crippen LogP contribution in [0.5, 0.6) is 0 Å². The van der Waals surface area contributed by atoms with Crippen LogP contribution in [-0.4, -0.2) is 43.2 Å². The van der Waals surface area contributed by atoms with Crippen LogP contribution >= 0.6 is 55.9 Å². The summed E-state index contributed by atoms with van der Waals surface area (Å²) in [6.45, 7) is 0. The van der Waals surface area contributed by atoms with Gasteiger partial charge in [-0.2, -0.15) is 0 Å². The van der Waals surface area contributed by atoms with Gasteiger partial charge >= 0.3 is 244 Å².